The van der Waals surface area contributed by atoms with Crippen molar-refractivity contribution in [2.24, 2.45) is 5.92 Å². The Morgan fingerprint density at radius 3 is 1.80 bits per heavy atom. The predicted octanol–water partition coefficient (Wildman–Crippen LogP) is 3.04. The van der Waals surface area contributed by atoms with E-state index in [1.807, 2.05) is 34.6 Å². The van der Waals surface area contributed by atoms with E-state index < -0.39 is 0 Å². The number of carbonyl (C=O) groups is 1. The van der Waals surface area contributed by atoms with Gasteiger partial charge in [0.25, 0.3) is 0 Å². The molecule has 0 rings (SSSR count). The molecule has 0 aromatic heterocycles. The Labute approximate surface area is 64.8 Å². The molecule has 0 aliphatic rings. The van der Waals surface area contributed by atoms with Crippen LogP contribution in [0, 0.1) is 5.92 Å². The highest BCUT2D eigenvalue weighted by atomic mass is 16.1. The molecule has 1 heteroatoms. The summed E-state index contributed by atoms with van der Waals surface area (Å²) in [4.78, 5) is 10.7. The Balaban J connectivity index is 0. The van der Waals surface area contributed by atoms with Crippen LogP contribution < -0.4 is 0 Å². The maximum absolute atomic E-state index is 10.7. The fourth-order valence-electron chi connectivity index (χ4n) is 0.576. The minimum absolute atomic E-state index is 0.278. The van der Waals surface area contributed by atoms with Gasteiger partial charge < -0.3 is 0 Å². The van der Waals surface area contributed by atoms with Gasteiger partial charge in [-0.1, -0.05) is 34.6 Å². The molecule has 0 heterocycles. The van der Waals surface area contributed by atoms with Crippen LogP contribution in [0.5, 0.6) is 0 Å². The molecule has 62 valence electrons. The van der Waals surface area contributed by atoms with Crippen LogP contribution in [0.15, 0.2) is 0 Å². The van der Waals surface area contributed by atoms with Gasteiger partial charge in [-0.25, -0.2) is 0 Å². The van der Waals surface area contributed by atoms with Crippen LogP contribution >= 0.6 is 0 Å². The van der Waals surface area contributed by atoms with E-state index >= 15 is 0 Å². The molecule has 1 atom stereocenters. The molecule has 0 N–H and O–H groups in total. The number of hydrogen-bond acceptors (Lipinski definition) is 1. The molecule has 0 saturated carbocycles. The van der Waals surface area contributed by atoms with Gasteiger partial charge in [-0.2, -0.15) is 0 Å². The second-order valence-corrected chi connectivity index (χ2v) is 2.13. The third kappa shape index (κ3) is 5.80. The minimum atomic E-state index is 0.278. The van der Waals surface area contributed by atoms with E-state index in [4.69, 9.17) is 0 Å². The highest BCUT2D eigenvalue weighted by Gasteiger charge is 2.05. The van der Waals surface area contributed by atoms with Crippen LogP contribution in [0.25, 0.3) is 0 Å². The zero-order chi connectivity index (χ0) is 8.57. The fraction of sp³-hybridized carbons (Fsp3) is 0.889. The van der Waals surface area contributed by atoms with Gasteiger partial charge in [0, 0.05) is 12.3 Å². The summed E-state index contributed by atoms with van der Waals surface area (Å²) < 4.78 is 0. The van der Waals surface area contributed by atoms with Crippen molar-refractivity contribution in [3.63, 3.8) is 0 Å². The molecule has 0 aromatic carbocycles. The Kier molecular flexibility index (Phi) is 10.7. The van der Waals surface area contributed by atoms with Crippen LogP contribution in [-0.4, -0.2) is 5.78 Å². The SMILES string of the molecule is CC.CCC(=O)C(C)CC. The second kappa shape index (κ2) is 8.67. The first-order valence-electron chi connectivity index (χ1n) is 4.25. The average molecular weight is 144 g/mol. The number of hydrogen-bond donors (Lipinski definition) is 0. The quantitative estimate of drug-likeness (QED) is 0.595. The van der Waals surface area contributed by atoms with E-state index in [0.29, 0.717) is 12.2 Å². The van der Waals surface area contributed by atoms with Crippen molar-refractivity contribution in [2.45, 2.75) is 47.5 Å². The third-order valence-electron chi connectivity index (χ3n) is 1.51. The summed E-state index contributed by atoms with van der Waals surface area (Å²) in [6, 6.07) is 0. The lowest BCUT2D eigenvalue weighted by molar-refractivity contribution is -0.122. The molecule has 0 aliphatic carbocycles. The molecule has 0 radical (unpaired) electrons. The molecular formula is C9H20O. The summed E-state index contributed by atoms with van der Waals surface area (Å²) in [5, 5.41) is 0. The first-order valence-corrected chi connectivity index (χ1v) is 4.25. The van der Waals surface area contributed by atoms with Crippen molar-refractivity contribution >= 4 is 5.78 Å². The van der Waals surface area contributed by atoms with Gasteiger partial charge in [0.05, 0.1) is 0 Å². The topological polar surface area (TPSA) is 17.1 Å². The van der Waals surface area contributed by atoms with E-state index in [0.717, 1.165) is 6.42 Å². The van der Waals surface area contributed by atoms with Crippen molar-refractivity contribution in [1.29, 1.82) is 0 Å². The van der Waals surface area contributed by atoms with Gasteiger partial charge in [-0.3, -0.25) is 4.79 Å². The largest absolute Gasteiger partial charge is 0.299 e. The van der Waals surface area contributed by atoms with Crippen molar-refractivity contribution in [3.05, 3.63) is 0 Å². The predicted molar refractivity (Wildman–Crippen MR) is 46.1 cm³/mol. The number of ketones is 1. The lowest BCUT2D eigenvalue weighted by Crippen LogP contribution is -2.06. The fourth-order valence-corrected chi connectivity index (χ4v) is 0.576. The summed E-state index contributed by atoms with van der Waals surface area (Å²) in [6.07, 6.45) is 1.67. The molecule has 1 unspecified atom stereocenters. The lowest BCUT2D eigenvalue weighted by atomic mass is 10.0. The molecule has 0 aliphatic heterocycles. The monoisotopic (exact) mass is 144 g/mol. The average Bonchev–Trinajstić information content (AvgIpc) is 2.05. The summed E-state index contributed by atoms with van der Waals surface area (Å²) in [5.41, 5.74) is 0. The number of Topliss-reactive ketones (excluding diaryl/α,β-unsaturated/α-hetero) is 1. The van der Waals surface area contributed by atoms with Crippen molar-refractivity contribution < 1.29 is 4.79 Å². The van der Waals surface area contributed by atoms with Gasteiger partial charge in [0.1, 0.15) is 5.78 Å². The van der Waals surface area contributed by atoms with Gasteiger partial charge >= 0.3 is 0 Å². The zero-order valence-electron chi connectivity index (χ0n) is 7.90. The lowest BCUT2D eigenvalue weighted by Gasteiger charge is -2.02. The van der Waals surface area contributed by atoms with Crippen LogP contribution in [-0.2, 0) is 4.79 Å². The van der Waals surface area contributed by atoms with E-state index in [2.05, 4.69) is 0 Å². The molecule has 1 nitrogen and oxygen atoms in total. The van der Waals surface area contributed by atoms with E-state index in [9.17, 15) is 4.79 Å². The van der Waals surface area contributed by atoms with Crippen LogP contribution in [0.4, 0.5) is 0 Å². The molecule has 0 spiro atoms. The first-order chi connectivity index (χ1) is 4.72. The van der Waals surface area contributed by atoms with Gasteiger partial charge in [-0.05, 0) is 6.42 Å². The van der Waals surface area contributed by atoms with Crippen LogP contribution in [0.2, 0.25) is 0 Å². The van der Waals surface area contributed by atoms with Crippen LogP contribution in [0.1, 0.15) is 47.5 Å². The Morgan fingerprint density at radius 2 is 1.70 bits per heavy atom. The minimum Gasteiger partial charge on any atom is -0.299 e. The second-order valence-electron chi connectivity index (χ2n) is 2.13. The molecule has 0 saturated heterocycles. The first kappa shape index (κ1) is 12.4. The highest BCUT2D eigenvalue weighted by Crippen LogP contribution is 2.03. The van der Waals surface area contributed by atoms with Gasteiger partial charge in [0.15, 0.2) is 0 Å². The summed E-state index contributed by atoms with van der Waals surface area (Å²) >= 11 is 0. The molecule has 0 bridgehead atoms. The standard InChI is InChI=1S/C7H14O.C2H6/c1-4-6(3)7(8)5-2;1-2/h6H,4-5H2,1-3H3;1-2H3. The Morgan fingerprint density at radius 1 is 1.30 bits per heavy atom. The number of rotatable bonds is 3. The van der Waals surface area contributed by atoms with E-state index in [1.165, 1.54) is 0 Å². The maximum Gasteiger partial charge on any atom is 0.135 e. The normalized spacial score (nSPS) is 11.3. The Hall–Kier alpha value is -0.330. The molecule has 0 aromatic rings. The van der Waals surface area contributed by atoms with Crippen molar-refractivity contribution in [3.8, 4) is 0 Å². The van der Waals surface area contributed by atoms with E-state index in [1.54, 1.807) is 0 Å². The molecule has 0 amide bonds. The summed E-state index contributed by atoms with van der Waals surface area (Å²) in [5.74, 6) is 0.660. The summed E-state index contributed by atoms with van der Waals surface area (Å²) in [7, 11) is 0. The molecule has 0 fully saturated rings. The zero-order valence-corrected chi connectivity index (χ0v) is 7.90. The molecule has 10 heavy (non-hydrogen) atoms. The van der Waals surface area contributed by atoms with Crippen molar-refractivity contribution in [2.75, 3.05) is 0 Å². The molecular weight excluding hydrogens is 124 g/mol. The smallest absolute Gasteiger partial charge is 0.135 e. The highest BCUT2D eigenvalue weighted by molar-refractivity contribution is 5.80. The Bertz CT molecular complexity index is 76.8. The maximum atomic E-state index is 10.7. The van der Waals surface area contributed by atoms with Gasteiger partial charge in [0.2, 0.25) is 0 Å². The van der Waals surface area contributed by atoms with Gasteiger partial charge in [-0.15, -0.1) is 0 Å². The third-order valence-corrected chi connectivity index (χ3v) is 1.51. The van der Waals surface area contributed by atoms with Crippen molar-refractivity contribution in [1.82, 2.24) is 0 Å². The summed E-state index contributed by atoms with van der Waals surface area (Å²) in [6.45, 7) is 9.93. The van der Waals surface area contributed by atoms with E-state index in [-0.39, 0.29) is 5.92 Å². The number of carbonyl (C=O) groups excluding carboxylic acids is 1. The van der Waals surface area contributed by atoms with Crippen LogP contribution in [0.3, 0.4) is 0 Å².